The van der Waals surface area contributed by atoms with Gasteiger partial charge in [0.15, 0.2) is 0 Å². The zero-order chi connectivity index (χ0) is 28.3. The molecular formula is C40H24N2O. The molecule has 0 atom stereocenters. The van der Waals surface area contributed by atoms with Crippen LogP contribution in [0, 0.1) is 0 Å². The van der Waals surface area contributed by atoms with Crippen molar-refractivity contribution in [3.8, 4) is 33.5 Å². The topological polar surface area (TPSA) is 38.9 Å². The fourth-order valence-electron chi connectivity index (χ4n) is 6.59. The minimum absolute atomic E-state index is 0.902. The van der Waals surface area contributed by atoms with E-state index in [1.165, 1.54) is 49.0 Å². The zero-order valence-corrected chi connectivity index (χ0v) is 23.2. The zero-order valence-electron chi connectivity index (χ0n) is 23.2. The van der Waals surface area contributed by atoms with Crippen molar-refractivity contribution in [2.75, 3.05) is 0 Å². The van der Waals surface area contributed by atoms with E-state index in [-0.39, 0.29) is 0 Å². The van der Waals surface area contributed by atoms with Crippen LogP contribution >= 0.6 is 0 Å². The van der Waals surface area contributed by atoms with Gasteiger partial charge in [0.25, 0.3) is 0 Å². The molecule has 9 rings (SSSR count). The molecule has 0 aliphatic heterocycles. The molecule has 0 N–H and O–H groups in total. The lowest BCUT2D eigenvalue weighted by molar-refractivity contribution is 0.669. The van der Waals surface area contributed by atoms with Crippen LogP contribution in [0.5, 0.6) is 0 Å². The van der Waals surface area contributed by atoms with Crippen molar-refractivity contribution in [3.63, 3.8) is 0 Å². The second-order valence-electron chi connectivity index (χ2n) is 11.0. The van der Waals surface area contributed by atoms with Gasteiger partial charge in [0.2, 0.25) is 0 Å². The van der Waals surface area contributed by atoms with Crippen LogP contribution in [0.15, 0.2) is 150 Å². The Bertz CT molecular complexity index is 2440. The molecule has 3 heterocycles. The lowest BCUT2D eigenvalue weighted by atomic mass is 9.86. The molecule has 0 aliphatic rings. The van der Waals surface area contributed by atoms with Crippen LogP contribution in [0.1, 0.15) is 0 Å². The predicted octanol–water partition coefficient (Wildman–Crippen LogP) is 10.8. The third-order valence-electron chi connectivity index (χ3n) is 8.57. The lowest BCUT2D eigenvalue weighted by Gasteiger charge is -2.17. The molecule has 43 heavy (non-hydrogen) atoms. The minimum atomic E-state index is 0.902. The number of aromatic nitrogens is 2. The Hall–Kier alpha value is -5.80. The third-order valence-corrected chi connectivity index (χ3v) is 8.57. The third kappa shape index (κ3) is 3.75. The van der Waals surface area contributed by atoms with Crippen LogP contribution in [0.25, 0.3) is 87.8 Å². The van der Waals surface area contributed by atoms with Gasteiger partial charge in [-0.1, -0.05) is 84.9 Å². The van der Waals surface area contributed by atoms with Crippen LogP contribution in [-0.2, 0) is 0 Å². The second-order valence-corrected chi connectivity index (χ2v) is 11.0. The van der Waals surface area contributed by atoms with Gasteiger partial charge in [-0.3, -0.25) is 9.97 Å². The molecule has 3 aromatic heterocycles. The summed E-state index contributed by atoms with van der Waals surface area (Å²) in [5.74, 6) is 0. The predicted molar refractivity (Wildman–Crippen MR) is 178 cm³/mol. The maximum absolute atomic E-state index is 6.33. The number of benzene rings is 6. The first-order valence-electron chi connectivity index (χ1n) is 14.5. The smallest absolute Gasteiger partial charge is 0.136 e. The molecule has 0 amide bonds. The van der Waals surface area contributed by atoms with Crippen molar-refractivity contribution >= 4 is 54.3 Å². The molecule has 0 bridgehead atoms. The van der Waals surface area contributed by atoms with Gasteiger partial charge in [-0.25, -0.2) is 0 Å². The first kappa shape index (κ1) is 23.9. The number of nitrogens with zero attached hydrogens (tertiary/aromatic N) is 2. The molecule has 200 valence electrons. The fraction of sp³-hybridized carbons (Fsp3) is 0. The van der Waals surface area contributed by atoms with E-state index < -0.39 is 0 Å². The molecule has 0 radical (unpaired) electrons. The Labute approximate surface area is 247 Å². The highest BCUT2D eigenvalue weighted by Gasteiger charge is 2.18. The van der Waals surface area contributed by atoms with Crippen molar-refractivity contribution in [1.29, 1.82) is 0 Å². The quantitative estimate of drug-likeness (QED) is 0.206. The summed E-state index contributed by atoms with van der Waals surface area (Å²) in [5.41, 5.74) is 8.43. The van der Waals surface area contributed by atoms with Crippen LogP contribution in [0.4, 0.5) is 0 Å². The summed E-state index contributed by atoms with van der Waals surface area (Å²) in [6.45, 7) is 0. The van der Waals surface area contributed by atoms with Gasteiger partial charge in [0.05, 0.1) is 5.69 Å². The van der Waals surface area contributed by atoms with E-state index in [9.17, 15) is 0 Å². The normalized spacial score (nSPS) is 11.7. The molecule has 0 unspecified atom stereocenters. The lowest BCUT2D eigenvalue weighted by Crippen LogP contribution is -1.92. The summed E-state index contributed by atoms with van der Waals surface area (Å²) in [4.78, 5) is 9.11. The molecule has 3 heteroatoms. The number of rotatable bonds is 3. The summed E-state index contributed by atoms with van der Waals surface area (Å²) in [7, 11) is 0. The monoisotopic (exact) mass is 548 g/mol. The van der Waals surface area contributed by atoms with Crippen LogP contribution < -0.4 is 0 Å². The minimum Gasteiger partial charge on any atom is -0.456 e. The number of hydrogen-bond donors (Lipinski definition) is 0. The maximum atomic E-state index is 6.33. The Morgan fingerprint density at radius 2 is 1.05 bits per heavy atom. The molecule has 0 saturated carbocycles. The van der Waals surface area contributed by atoms with E-state index in [0.29, 0.717) is 0 Å². The Balaban J connectivity index is 1.29. The van der Waals surface area contributed by atoms with Crippen molar-refractivity contribution in [2.45, 2.75) is 0 Å². The first-order chi connectivity index (χ1) is 21.3. The number of pyridine rings is 2. The van der Waals surface area contributed by atoms with Crippen LogP contribution in [0.3, 0.4) is 0 Å². The largest absolute Gasteiger partial charge is 0.456 e. The highest BCUT2D eigenvalue weighted by atomic mass is 16.3. The standard InChI is InChI=1S/C40H24N2O/c1-2-9-26-22-38-35(20-25(26)8-1)34-21-27(16-18-37(34)43-38)39-30-11-3-5-13-32(30)40(33-14-6-4-12-31(33)39)29-15-17-36(42-24-29)28-10-7-19-41-23-28/h1-24H. The number of fused-ring (bicyclic) bond motifs is 6. The van der Waals surface area contributed by atoms with Crippen molar-refractivity contribution in [3.05, 3.63) is 146 Å². The Morgan fingerprint density at radius 3 is 1.70 bits per heavy atom. The van der Waals surface area contributed by atoms with E-state index in [4.69, 9.17) is 9.40 Å². The van der Waals surface area contributed by atoms with E-state index >= 15 is 0 Å². The maximum Gasteiger partial charge on any atom is 0.136 e. The first-order valence-corrected chi connectivity index (χ1v) is 14.5. The van der Waals surface area contributed by atoms with E-state index in [2.05, 4.69) is 120 Å². The molecule has 0 aliphatic carbocycles. The summed E-state index contributed by atoms with van der Waals surface area (Å²) in [5, 5.41) is 9.50. The van der Waals surface area contributed by atoms with Gasteiger partial charge in [-0.05, 0) is 91.5 Å². The van der Waals surface area contributed by atoms with Gasteiger partial charge in [0, 0.05) is 40.5 Å². The molecular weight excluding hydrogens is 524 g/mol. The van der Waals surface area contributed by atoms with Gasteiger partial charge >= 0.3 is 0 Å². The van der Waals surface area contributed by atoms with Crippen LogP contribution in [-0.4, -0.2) is 9.97 Å². The molecule has 0 spiro atoms. The van der Waals surface area contributed by atoms with Gasteiger partial charge in [0.1, 0.15) is 11.2 Å². The second kappa shape index (κ2) is 9.37. The molecule has 9 aromatic rings. The van der Waals surface area contributed by atoms with Gasteiger partial charge in [-0.2, -0.15) is 0 Å². The summed E-state index contributed by atoms with van der Waals surface area (Å²) in [6, 6.07) is 45.2. The van der Waals surface area contributed by atoms with Crippen molar-refractivity contribution < 1.29 is 4.42 Å². The molecule has 0 fully saturated rings. The Morgan fingerprint density at radius 1 is 0.419 bits per heavy atom. The van der Waals surface area contributed by atoms with E-state index in [1.54, 1.807) is 6.20 Å². The van der Waals surface area contributed by atoms with E-state index in [0.717, 1.165) is 38.8 Å². The average molecular weight is 549 g/mol. The van der Waals surface area contributed by atoms with Gasteiger partial charge < -0.3 is 4.42 Å². The highest BCUT2D eigenvalue weighted by molar-refractivity contribution is 6.22. The highest BCUT2D eigenvalue weighted by Crippen LogP contribution is 2.45. The summed E-state index contributed by atoms with van der Waals surface area (Å²) >= 11 is 0. The van der Waals surface area contributed by atoms with Crippen molar-refractivity contribution in [2.24, 2.45) is 0 Å². The fourth-order valence-corrected chi connectivity index (χ4v) is 6.59. The van der Waals surface area contributed by atoms with E-state index in [1.807, 2.05) is 24.5 Å². The molecule has 0 saturated heterocycles. The van der Waals surface area contributed by atoms with Crippen molar-refractivity contribution in [1.82, 2.24) is 9.97 Å². The Kier molecular flexibility index (Phi) is 5.20. The number of hydrogen-bond acceptors (Lipinski definition) is 3. The van der Waals surface area contributed by atoms with Gasteiger partial charge in [-0.15, -0.1) is 0 Å². The number of furan rings is 1. The SMILES string of the molecule is c1cncc(-c2ccc(-c3c4ccccc4c(-c4ccc5oc6cc7ccccc7cc6c5c4)c4ccccc34)cn2)c1. The summed E-state index contributed by atoms with van der Waals surface area (Å²) < 4.78 is 6.33. The average Bonchev–Trinajstić information content (AvgIpc) is 3.43. The summed E-state index contributed by atoms with van der Waals surface area (Å²) in [6.07, 6.45) is 5.63. The van der Waals surface area contributed by atoms with Crippen LogP contribution in [0.2, 0.25) is 0 Å². The molecule has 3 nitrogen and oxygen atoms in total. The molecule has 6 aromatic carbocycles.